The number of hydrogen-bond acceptors (Lipinski definition) is 2. The lowest BCUT2D eigenvalue weighted by Gasteiger charge is -2.55. The molecule has 0 radical (unpaired) electrons. The quantitative estimate of drug-likeness (QED) is 0.694. The van der Waals surface area contributed by atoms with Gasteiger partial charge in [-0.1, -0.05) is 6.92 Å². The van der Waals surface area contributed by atoms with Crippen molar-refractivity contribution in [2.24, 2.45) is 29.4 Å². The molecule has 0 spiro atoms. The topological polar surface area (TPSA) is 38.0 Å². The van der Waals surface area contributed by atoms with E-state index in [1.54, 1.807) is 0 Å². The van der Waals surface area contributed by atoms with Crippen LogP contribution in [0, 0.1) is 23.7 Å². The van der Waals surface area contributed by atoms with E-state index in [9.17, 15) is 0 Å². The standard InChI is InChI=1S/C10H17N.C6H13N/c11-10-4-7-1-8(5-10)3-9(2-7)6-10;1-6-2-4-7-5-3-6/h7-9H,1-6,11H2;6-7H,2-5H2,1H3. The Labute approximate surface area is 112 Å². The van der Waals surface area contributed by atoms with Gasteiger partial charge in [-0.15, -0.1) is 0 Å². The fourth-order valence-electron chi connectivity index (χ4n) is 5.14. The molecule has 104 valence electrons. The molecular weight excluding hydrogens is 220 g/mol. The highest BCUT2D eigenvalue weighted by atomic mass is 14.9. The lowest BCUT2D eigenvalue weighted by atomic mass is 9.53. The van der Waals surface area contributed by atoms with Gasteiger partial charge in [-0.3, -0.25) is 0 Å². The third-order valence-corrected chi connectivity index (χ3v) is 5.71. The minimum atomic E-state index is 0.300. The van der Waals surface area contributed by atoms with Gasteiger partial charge in [-0.2, -0.15) is 0 Å². The van der Waals surface area contributed by atoms with Crippen molar-refractivity contribution in [2.75, 3.05) is 13.1 Å². The van der Waals surface area contributed by atoms with Crippen LogP contribution < -0.4 is 11.1 Å². The Morgan fingerprint density at radius 1 is 0.889 bits per heavy atom. The Bertz CT molecular complexity index is 246. The molecule has 2 nitrogen and oxygen atoms in total. The molecule has 0 atom stereocenters. The Morgan fingerprint density at radius 3 is 1.61 bits per heavy atom. The molecule has 4 aliphatic carbocycles. The molecule has 5 rings (SSSR count). The summed E-state index contributed by atoms with van der Waals surface area (Å²) in [6.07, 6.45) is 11.3. The summed E-state index contributed by atoms with van der Waals surface area (Å²) in [5, 5.41) is 3.32. The predicted molar refractivity (Wildman–Crippen MR) is 76.4 cm³/mol. The normalized spacial score (nSPS) is 46.7. The van der Waals surface area contributed by atoms with Crippen LogP contribution in [0.5, 0.6) is 0 Å². The fraction of sp³-hybridized carbons (Fsp3) is 1.00. The molecule has 3 N–H and O–H groups in total. The first-order valence-corrected chi connectivity index (χ1v) is 8.12. The van der Waals surface area contributed by atoms with E-state index in [-0.39, 0.29) is 0 Å². The largest absolute Gasteiger partial charge is 0.325 e. The van der Waals surface area contributed by atoms with Gasteiger partial charge in [0.1, 0.15) is 0 Å². The van der Waals surface area contributed by atoms with Crippen LogP contribution in [-0.2, 0) is 0 Å². The molecule has 0 amide bonds. The van der Waals surface area contributed by atoms with E-state index >= 15 is 0 Å². The monoisotopic (exact) mass is 250 g/mol. The van der Waals surface area contributed by atoms with Crippen molar-refractivity contribution in [2.45, 2.75) is 63.8 Å². The Morgan fingerprint density at radius 2 is 1.33 bits per heavy atom. The van der Waals surface area contributed by atoms with Crippen LogP contribution in [0.1, 0.15) is 58.3 Å². The van der Waals surface area contributed by atoms with E-state index in [1.165, 1.54) is 64.5 Å². The van der Waals surface area contributed by atoms with Crippen molar-refractivity contribution in [1.29, 1.82) is 0 Å². The lowest BCUT2D eigenvalue weighted by molar-refractivity contribution is 0.000365. The van der Waals surface area contributed by atoms with E-state index in [1.807, 2.05) is 0 Å². The first-order chi connectivity index (χ1) is 8.63. The minimum Gasteiger partial charge on any atom is -0.325 e. The van der Waals surface area contributed by atoms with Gasteiger partial charge in [0.05, 0.1) is 0 Å². The van der Waals surface area contributed by atoms with Crippen LogP contribution in [0.3, 0.4) is 0 Å². The van der Waals surface area contributed by atoms with Gasteiger partial charge in [0, 0.05) is 5.54 Å². The summed E-state index contributed by atoms with van der Waals surface area (Å²) in [5.41, 5.74) is 6.62. The van der Waals surface area contributed by atoms with Crippen molar-refractivity contribution in [3.05, 3.63) is 0 Å². The molecule has 0 aromatic heterocycles. The molecule has 4 saturated carbocycles. The number of nitrogens with two attached hydrogens (primary N) is 1. The SMILES string of the molecule is CC1CCNCC1.NC12CC3CC(CC(C3)C1)C2. The summed E-state index contributed by atoms with van der Waals surface area (Å²) in [6, 6.07) is 0. The van der Waals surface area contributed by atoms with Crippen molar-refractivity contribution in [3.8, 4) is 0 Å². The molecule has 2 heteroatoms. The van der Waals surface area contributed by atoms with Crippen LogP contribution >= 0.6 is 0 Å². The second-order valence-electron chi connectivity index (χ2n) is 7.71. The summed E-state index contributed by atoms with van der Waals surface area (Å²) < 4.78 is 0. The molecule has 0 aromatic rings. The molecule has 0 unspecified atom stereocenters. The molecule has 1 aliphatic heterocycles. The maximum atomic E-state index is 6.32. The van der Waals surface area contributed by atoms with Crippen LogP contribution in [0.15, 0.2) is 0 Å². The van der Waals surface area contributed by atoms with E-state index < -0.39 is 0 Å². The minimum absolute atomic E-state index is 0.300. The van der Waals surface area contributed by atoms with Gasteiger partial charge >= 0.3 is 0 Å². The Balaban J connectivity index is 0.000000125. The van der Waals surface area contributed by atoms with Crippen LogP contribution in [0.2, 0.25) is 0 Å². The molecule has 18 heavy (non-hydrogen) atoms. The first-order valence-electron chi connectivity index (χ1n) is 8.12. The molecule has 1 heterocycles. The molecule has 5 aliphatic rings. The van der Waals surface area contributed by atoms with Crippen molar-refractivity contribution in [1.82, 2.24) is 5.32 Å². The van der Waals surface area contributed by atoms with Crippen molar-refractivity contribution >= 4 is 0 Å². The average Bonchev–Trinajstić information content (AvgIpc) is 2.27. The summed E-state index contributed by atoms with van der Waals surface area (Å²) in [7, 11) is 0. The number of nitrogens with one attached hydrogen (secondary N) is 1. The summed E-state index contributed by atoms with van der Waals surface area (Å²) >= 11 is 0. The number of hydrogen-bond donors (Lipinski definition) is 2. The fourth-order valence-corrected chi connectivity index (χ4v) is 5.14. The third-order valence-electron chi connectivity index (χ3n) is 5.71. The highest BCUT2D eigenvalue weighted by Gasteiger charge is 2.48. The van der Waals surface area contributed by atoms with Gasteiger partial charge < -0.3 is 11.1 Å². The van der Waals surface area contributed by atoms with E-state index in [4.69, 9.17) is 5.73 Å². The zero-order chi connectivity index (χ0) is 12.6. The summed E-state index contributed by atoms with van der Waals surface area (Å²) in [5.74, 6) is 4.03. The maximum absolute atomic E-state index is 6.32. The van der Waals surface area contributed by atoms with E-state index in [2.05, 4.69) is 12.2 Å². The van der Waals surface area contributed by atoms with Crippen LogP contribution in [0.25, 0.3) is 0 Å². The van der Waals surface area contributed by atoms with Gasteiger partial charge in [0.25, 0.3) is 0 Å². The summed E-state index contributed by atoms with van der Waals surface area (Å²) in [4.78, 5) is 0. The second-order valence-corrected chi connectivity index (χ2v) is 7.71. The molecule has 1 saturated heterocycles. The second kappa shape index (κ2) is 5.13. The zero-order valence-corrected chi connectivity index (χ0v) is 12.0. The third kappa shape index (κ3) is 2.91. The highest BCUT2D eigenvalue weighted by Crippen LogP contribution is 2.54. The molecule has 0 aromatic carbocycles. The maximum Gasteiger partial charge on any atom is 0.0162 e. The average molecular weight is 250 g/mol. The molecule has 4 bridgehead atoms. The highest BCUT2D eigenvalue weighted by molar-refractivity contribution is 5.04. The number of rotatable bonds is 0. The van der Waals surface area contributed by atoms with Gasteiger partial charge in [-0.25, -0.2) is 0 Å². The number of piperidine rings is 1. The summed E-state index contributed by atoms with van der Waals surface area (Å²) in [6.45, 7) is 4.79. The lowest BCUT2D eigenvalue weighted by Crippen LogP contribution is -2.55. The van der Waals surface area contributed by atoms with Gasteiger partial charge in [0.15, 0.2) is 0 Å². The smallest absolute Gasteiger partial charge is 0.0162 e. The predicted octanol–water partition coefficient (Wildman–Crippen LogP) is 2.92. The van der Waals surface area contributed by atoms with Gasteiger partial charge in [0.2, 0.25) is 0 Å². The van der Waals surface area contributed by atoms with Crippen molar-refractivity contribution in [3.63, 3.8) is 0 Å². The Kier molecular flexibility index (Phi) is 3.68. The van der Waals surface area contributed by atoms with Crippen molar-refractivity contribution < 1.29 is 0 Å². The Hall–Kier alpha value is -0.0800. The van der Waals surface area contributed by atoms with E-state index in [0.29, 0.717) is 5.54 Å². The first kappa shape index (κ1) is 12.9. The molecular formula is C16H30N2. The van der Waals surface area contributed by atoms with Crippen LogP contribution in [-0.4, -0.2) is 18.6 Å². The zero-order valence-electron chi connectivity index (χ0n) is 12.0. The van der Waals surface area contributed by atoms with Crippen LogP contribution in [0.4, 0.5) is 0 Å². The van der Waals surface area contributed by atoms with E-state index in [0.717, 1.165) is 23.7 Å². The molecule has 5 fully saturated rings. The van der Waals surface area contributed by atoms with Gasteiger partial charge in [-0.05, 0) is 88.1 Å².